The van der Waals surface area contributed by atoms with E-state index in [1.165, 1.54) is 6.92 Å². The van der Waals surface area contributed by atoms with Crippen LogP contribution in [-0.4, -0.2) is 22.1 Å². The van der Waals surface area contributed by atoms with Crippen LogP contribution in [0.4, 0.5) is 11.6 Å². The van der Waals surface area contributed by atoms with Gasteiger partial charge in [0.1, 0.15) is 11.6 Å². The van der Waals surface area contributed by atoms with Gasteiger partial charge < -0.3 is 14.2 Å². The summed E-state index contributed by atoms with van der Waals surface area (Å²) < 4.78 is 7.67. The highest BCUT2D eigenvalue weighted by Gasteiger charge is 2.31. The van der Waals surface area contributed by atoms with Gasteiger partial charge in [-0.15, -0.1) is 0 Å². The number of ether oxygens (including phenoxy) is 1. The Bertz CT molecular complexity index is 1100. The molecule has 0 N–H and O–H groups in total. The van der Waals surface area contributed by atoms with Crippen molar-refractivity contribution in [2.45, 2.75) is 39.8 Å². The maximum atomic E-state index is 11.6. The lowest BCUT2D eigenvalue weighted by Crippen LogP contribution is -2.16. The van der Waals surface area contributed by atoms with Gasteiger partial charge in [-0.1, -0.05) is 47.8 Å². The monoisotopic (exact) mass is 451 g/mol. The van der Waals surface area contributed by atoms with Gasteiger partial charge in [0, 0.05) is 30.6 Å². The van der Waals surface area contributed by atoms with Gasteiger partial charge in [0.15, 0.2) is 0 Å². The van der Waals surface area contributed by atoms with Crippen molar-refractivity contribution in [2.75, 3.05) is 11.4 Å². The van der Waals surface area contributed by atoms with Crippen LogP contribution < -0.4 is 4.90 Å². The number of fused-ring (bicyclic) bond motifs is 3. The molecule has 4 rings (SSSR count). The zero-order chi connectivity index (χ0) is 20.9. The molecule has 0 saturated carbocycles. The maximum absolute atomic E-state index is 11.6. The molecule has 0 bridgehead atoms. The van der Waals surface area contributed by atoms with Crippen molar-refractivity contribution in [2.24, 2.45) is 0 Å². The molecule has 0 amide bonds. The van der Waals surface area contributed by atoms with E-state index >= 15 is 0 Å². The average Bonchev–Trinajstić information content (AvgIpc) is 3.20. The summed E-state index contributed by atoms with van der Waals surface area (Å²) in [7, 11) is 0. The number of imidazole rings is 1. The first-order valence-corrected chi connectivity index (χ1v) is 10.5. The van der Waals surface area contributed by atoms with Crippen molar-refractivity contribution in [3.8, 4) is 0 Å². The van der Waals surface area contributed by atoms with Gasteiger partial charge in [0.05, 0.1) is 21.2 Å². The molecule has 0 aliphatic carbocycles. The second-order valence-corrected chi connectivity index (χ2v) is 8.36. The molecule has 2 heterocycles. The quantitative estimate of drug-likeness (QED) is 0.426. The van der Waals surface area contributed by atoms with Gasteiger partial charge in [0.25, 0.3) is 0 Å². The van der Waals surface area contributed by atoms with Gasteiger partial charge in [-0.3, -0.25) is 4.79 Å². The van der Waals surface area contributed by atoms with Gasteiger partial charge in [-0.05, 0) is 37.1 Å². The van der Waals surface area contributed by atoms with Gasteiger partial charge >= 0.3 is 5.97 Å². The zero-order valence-corrected chi connectivity index (χ0v) is 18.6. The van der Waals surface area contributed by atoms with Crippen LogP contribution in [0.15, 0.2) is 24.3 Å². The van der Waals surface area contributed by atoms with Crippen LogP contribution in [0.1, 0.15) is 37.5 Å². The van der Waals surface area contributed by atoms with Gasteiger partial charge in [0.2, 0.25) is 5.95 Å². The molecule has 0 fully saturated rings. The van der Waals surface area contributed by atoms with Crippen molar-refractivity contribution < 1.29 is 9.53 Å². The first kappa shape index (κ1) is 20.3. The Kier molecular flexibility index (Phi) is 5.40. The third-order valence-corrected chi connectivity index (χ3v) is 5.97. The number of aryl methyl sites for hydroxylation is 1. The number of nitrogens with zero attached hydrogens (tertiary/aromatic N) is 3. The van der Waals surface area contributed by atoms with Crippen LogP contribution in [0.3, 0.4) is 0 Å². The predicted octanol–water partition coefficient (Wildman–Crippen LogP) is 6.47. The number of carbonyl (C=O) groups excluding carboxylic acids is 1. The summed E-state index contributed by atoms with van der Waals surface area (Å²) in [5.41, 5.74) is 4.35. The molecule has 0 radical (unpaired) electrons. The standard InChI is InChI=1S/C21H20Cl3N3O2/c1-4-17(29-12(3)28)14-5-6-15(23)18-20(14)27-8-7-26(21(27)25-18)19-11(2)9-13(22)10-16(19)24/h5-6,9-10,17H,4,7-8H2,1-3H3. The van der Waals surface area contributed by atoms with Crippen molar-refractivity contribution in [1.29, 1.82) is 0 Å². The number of hydrogen-bond acceptors (Lipinski definition) is 4. The summed E-state index contributed by atoms with van der Waals surface area (Å²) in [6.45, 7) is 6.82. The van der Waals surface area contributed by atoms with Gasteiger partial charge in [-0.2, -0.15) is 0 Å². The van der Waals surface area contributed by atoms with E-state index in [0.29, 0.717) is 33.6 Å². The molecule has 1 atom stereocenters. The highest BCUT2D eigenvalue weighted by atomic mass is 35.5. The molecular weight excluding hydrogens is 433 g/mol. The number of benzene rings is 2. The predicted molar refractivity (Wildman–Crippen MR) is 118 cm³/mol. The van der Waals surface area contributed by atoms with Crippen LogP contribution >= 0.6 is 34.8 Å². The lowest BCUT2D eigenvalue weighted by Gasteiger charge is -2.20. The van der Waals surface area contributed by atoms with E-state index in [2.05, 4.69) is 9.47 Å². The van der Waals surface area contributed by atoms with Gasteiger partial charge in [-0.25, -0.2) is 4.98 Å². The minimum absolute atomic E-state index is 0.314. The van der Waals surface area contributed by atoms with E-state index < -0.39 is 0 Å². The molecule has 3 aromatic rings. The van der Waals surface area contributed by atoms with E-state index in [0.717, 1.165) is 34.8 Å². The summed E-state index contributed by atoms with van der Waals surface area (Å²) in [6.07, 6.45) is 0.297. The number of aromatic nitrogens is 2. The number of esters is 1. The summed E-state index contributed by atoms with van der Waals surface area (Å²) in [5.74, 6) is 0.450. The first-order valence-electron chi connectivity index (χ1n) is 9.40. The molecule has 1 aliphatic rings. The van der Waals surface area contributed by atoms with E-state index in [4.69, 9.17) is 44.5 Å². The fourth-order valence-electron chi connectivity index (χ4n) is 4.01. The van der Waals surface area contributed by atoms with Crippen LogP contribution in [0.5, 0.6) is 0 Å². The Hall–Kier alpha value is -1.95. The Morgan fingerprint density at radius 3 is 2.62 bits per heavy atom. The molecular formula is C21H20Cl3N3O2. The highest BCUT2D eigenvalue weighted by Crippen LogP contribution is 2.43. The largest absolute Gasteiger partial charge is 0.458 e. The molecule has 5 nitrogen and oxygen atoms in total. The fourth-order valence-corrected chi connectivity index (χ4v) is 4.91. The average molecular weight is 453 g/mol. The van der Waals surface area contributed by atoms with Crippen LogP contribution in [-0.2, 0) is 16.1 Å². The Labute approximate surface area is 184 Å². The smallest absolute Gasteiger partial charge is 0.303 e. The zero-order valence-electron chi connectivity index (χ0n) is 16.3. The van der Waals surface area contributed by atoms with E-state index in [1.807, 2.05) is 26.0 Å². The lowest BCUT2D eigenvalue weighted by molar-refractivity contribution is -0.146. The van der Waals surface area contributed by atoms with Crippen molar-refractivity contribution in [3.63, 3.8) is 0 Å². The second kappa shape index (κ2) is 7.71. The normalized spacial score (nSPS) is 14.3. The molecule has 29 heavy (non-hydrogen) atoms. The molecule has 1 unspecified atom stereocenters. The number of halogens is 3. The Balaban J connectivity index is 1.90. The first-order chi connectivity index (χ1) is 13.8. The molecule has 8 heteroatoms. The molecule has 152 valence electrons. The SMILES string of the molecule is CCC(OC(C)=O)c1ccc(Cl)c2nc3n(c12)CCN3c1c(C)cc(Cl)cc1Cl. The summed E-state index contributed by atoms with van der Waals surface area (Å²) in [5, 5.41) is 1.73. The third-order valence-electron chi connectivity index (χ3n) is 5.16. The maximum Gasteiger partial charge on any atom is 0.303 e. The molecule has 2 aromatic carbocycles. The van der Waals surface area contributed by atoms with Crippen LogP contribution in [0, 0.1) is 6.92 Å². The Morgan fingerprint density at radius 1 is 1.21 bits per heavy atom. The van der Waals surface area contributed by atoms with E-state index in [1.54, 1.807) is 12.1 Å². The number of rotatable bonds is 4. The summed E-state index contributed by atoms with van der Waals surface area (Å²) in [4.78, 5) is 18.5. The highest BCUT2D eigenvalue weighted by molar-refractivity contribution is 6.37. The molecule has 1 aliphatic heterocycles. The van der Waals surface area contributed by atoms with Crippen molar-refractivity contribution >= 4 is 63.4 Å². The lowest BCUT2D eigenvalue weighted by atomic mass is 10.0. The Morgan fingerprint density at radius 2 is 1.97 bits per heavy atom. The van der Waals surface area contributed by atoms with Crippen LogP contribution in [0.25, 0.3) is 11.0 Å². The van der Waals surface area contributed by atoms with E-state index in [-0.39, 0.29) is 12.1 Å². The molecule has 0 spiro atoms. The minimum Gasteiger partial charge on any atom is -0.458 e. The van der Waals surface area contributed by atoms with Crippen molar-refractivity contribution in [1.82, 2.24) is 9.55 Å². The number of carbonyl (C=O) groups is 1. The molecule has 0 saturated heterocycles. The van der Waals surface area contributed by atoms with Crippen molar-refractivity contribution in [3.05, 3.63) is 50.5 Å². The number of anilines is 2. The van der Waals surface area contributed by atoms with Crippen LogP contribution in [0.2, 0.25) is 15.1 Å². The summed E-state index contributed by atoms with van der Waals surface area (Å²) >= 11 is 19.2. The second-order valence-electron chi connectivity index (χ2n) is 7.11. The third kappa shape index (κ3) is 3.45. The summed E-state index contributed by atoms with van der Waals surface area (Å²) in [6, 6.07) is 7.35. The number of hydrogen-bond donors (Lipinski definition) is 0. The van der Waals surface area contributed by atoms with E-state index in [9.17, 15) is 4.79 Å². The topological polar surface area (TPSA) is 47.4 Å². The minimum atomic E-state index is -0.358. The fraction of sp³-hybridized carbons (Fsp3) is 0.333. The molecule has 1 aromatic heterocycles.